The van der Waals surface area contributed by atoms with Crippen molar-refractivity contribution in [3.8, 4) is 0 Å². The van der Waals surface area contributed by atoms with Crippen molar-refractivity contribution in [2.24, 2.45) is 4.99 Å². The fraction of sp³-hybridized carbons (Fsp3) is 0.579. The number of amides is 1. The molecule has 0 saturated carbocycles. The Balaban J connectivity index is 0.00000784. The topological polar surface area (TPSA) is 68.8 Å². The average molecular weight is 529 g/mol. The smallest absolute Gasteiger partial charge is 0.243 e. The summed E-state index contributed by atoms with van der Waals surface area (Å²) in [5.74, 6) is -4.55. The van der Waals surface area contributed by atoms with Crippen molar-refractivity contribution >= 4 is 41.5 Å². The summed E-state index contributed by atoms with van der Waals surface area (Å²) in [5.41, 5.74) is -0.418. The van der Waals surface area contributed by atoms with Crippen LogP contribution in [0, 0.1) is 17.5 Å². The van der Waals surface area contributed by atoms with Gasteiger partial charge in [0.2, 0.25) is 5.91 Å². The van der Waals surface area contributed by atoms with E-state index in [1.807, 2.05) is 6.92 Å². The molecule has 0 spiro atoms. The molecule has 0 aliphatic heterocycles. The van der Waals surface area contributed by atoms with Gasteiger partial charge in [-0.15, -0.1) is 24.0 Å². The van der Waals surface area contributed by atoms with Crippen LogP contribution >= 0.6 is 24.0 Å². The second-order valence-electron chi connectivity index (χ2n) is 6.41. The van der Waals surface area contributed by atoms with E-state index < -0.39 is 29.0 Å². The third-order valence-electron chi connectivity index (χ3n) is 4.34. The van der Waals surface area contributed by atoms with E-state index in [2.05, 4.69) is 39.7 Å². The van der Waals surface area contributed by atoms with Gasteiger partial charge in [0.1, 0.15) is 0 Å². The SMILES string of the molecule is CCN(CC)CCCC(C)NC(=NC)NCC(=O)Nc1ccc(F)c(F)c1F.I. The van der Waals surface area contributed by atoms with Crippen molar-refractivity contribution < 1.29 is 18.0 Å². The highest BCUT2D eigenvalue weighted by molar-refractivity contribution is 14.0. The lowest BCUT2D eigenvalue weighted by Crippen LogP contribution is -2.45. The van der Waals surface area contributed by atoms with Crippen LogP contribution in [0.25, 0.3) is 0 Å². The number of carbonyl (C=O) groups is 1. The first-order valence-electron chi connectivity index (χ1n) is 9.45. The highest BCUT2D eigenvalue weighted by Crippen LogP contribution is 2.19. The molecule has 6 nitrogen and oxygen atoms in total. The first-order chi connectivity index (χ1) is 13.3. The zero-order valence-electron chi connectivity index (χ0n) is 17.3. The average Bonchev–Trinajstić information content (AvgIpc) is 2.68. The number of rotatable bonds is 10. The van der Waals surface area contributed by atoms with Gasteiger partial charge in [0.05, 0.1) is 12.2 Å². The van der Waals surface area contributed by atoms with Gasteiger partial charge < -0.3 is 20.9 Å². The zero-order valence-corrected chi connectivity index (χ0v) is 19.6. The van der Waals surface area contributed by atoms with Crippen LogP contribution < -0.4 is 16.0 Å². The molecule has 1 rings (SSSR count). The largest absolute Gasteiger partial charge is 0.354 e. The van der Waals surface area contributed by atoms with E-state index in [0.717, 1.165) is 44.6 Å². The summed E-state index contributed by atoms with van der Waals surface area (Å²) in [7, 11) is 1.57. The number of benzene rings is 1. The molecule has 0 heterocycles. The van der Waals surface area contributed by atoms with E-state index in [4.69, 9.17) is 0 Å². The number of aliphatic imine (C=N–C) groups is 1. The van der Waals surface area contributed by atoms with E-state index in [9.17, 15) is 18.0 Å². The molecule has 3 N–H and O–H groups in total. The Labute approximate surface area is 187 Å². The highest BCUT2D eigenvalue weighted by atomic mass is 127. The van der Waals surface area contributed by atoms with Crippen LogP contribution in [0.2, 0.25) is 0 Å². The Kier molecular flexibility index (Phi) is 13.7. The van der Waals surface area contributed by atoms with E-state index in [1.54, 1.807) is 7.05 Å². The van der Waals surface area contributed by atoms with Gasteiger partial charge in [-0.2, -0.15) is 0 Å². The van der Waals surface area contributed by atoms with Crippen LogP contribution in [0.5, 0.6) is 0 Å². The molecule has 1 aromatic carbocycles. The van der Waals surface area contributed by atoms with E-state index in [1.165, 1.54) is 0 Å². The summed E-state index contributed by atoms with van der Waals surface area (Å²) >= 11 is 0. The minimum Gasteiger partial charge on any atom is -0.354 e. The first-order valence-corrected chi connectivity index (χ1v) is 9.45. The summed E-state index contributed by atoms with van der Waals surface area (Å²) in [6, 6.07) is 1.87. The number of nitrogens with one attached hydrogen (secondary N) is 3. The van der Waals surface area contributed by atoms with Crippen molar-refractivity contribution in [3.63, 3.8) is 0 Å². The van der Waals surface area contributed by atoms with Crippen LogP contribution in [0.15, 0.2) is 17.1 Å². The molecular formula is C19H31F3IN5O. The third-order valence-corrected chi connectivity index (χ3v) is 4.34. The number of carbonyl (C=O) groups excluding carboxylic acids is 1. The van der Waals surface area contributed by atoms with Gasteiger partial charge in [0.15, 0.2) is 23.4 Å². The van der Waals surface area contributed by atoms with Gasteiger partial charge in [-0.1, -0.05) is 13.8 Å². The Bertz CT molecular complexity index is 671. The lowest BCUT2D eigenvalue weighted by atomic mass is 10.2. The molecule has 0 radical (unpaired) electrons. The molecule has 0 aliphatic rings. The third kappa shape index (κ3) is 9.66. The van der Waals surface area contributed by atoms with Gasteiger partial charge in [-0.05, 0) is 51.5 Å². The van der Waals surface area contributed by atoms with Crippen molar-refractivity contribution in [2.75, 3.05) is 38.5 Å². The van der Waals surface area contributed by atoms with Crippen LogP contribution in [0.1, 0.15) is 33.6 Å². The van der Waals surface area contributed by atoms with Crippen molar-refractivity contribution in [2.45, 2.75) is 39.7 Å². The van der Waals surface area contributed by atoms with Crippen LogP contribution in [-0.2, 0) is 4.79 Å². The maximum atomic E-state index is 13.6. The molecule has 0 fully saturated rings. The summed E-state index contributed by atoms with van der Waals surface area (Å²) in [6.45, 7) is 9.15. The maximum absolute atomic E-state index is 13.6. The molecule has 10 heteroatoms. The molecular weight excluding hydrogens is 498 g/mol. The predicted molar refractivity (Wildman–Crippen MR) is 121 cm³/mol. The Hall–Kier alpha value is -1.56. The second-order valence-corrected chi connectivity index (χ2v) is 6.41. The molecule has 166 valence electrons. The van der Waals surface area contributed by atoms with Crippen LogP contribution in [-0.4, -0.2) is 56.0 Å². The van der Waals surface area contributed by atoms with Gasteiger partial charge in [0.25, 0.3) is 0 Å². The quantitative estimate of drug-likeness (QED) is 0.188. The minimum absolute atomic E-state index is 0. The molecule has 0 bridgehead atoms. The summed E-state index contributed by atoms with van der Waals surface area (Å²) in [4.78, 5) is 18.3. The fourth-order valence-corrected chi connectivity index (χ4v) is 2.64. The number of guanidine groups is 1. The Morgan fingerprint density at radius 3 is 2.41 bits per heavy atom. The number of halogens is 4. The normalized spacial score (nSPS) is 12.3. The minimum atomic E-state index is -1.62. The lowest BCUT2D eigenvalue weighted by molar-refractivity contribution is -0.115. The van der Waals surface area contributed by atoms with Gasteiger partial charge >= 0.3 is 0 Å². The van der Waals surface area contributed by atoms with Crippen molar-refractivity contribution in [1.82, 2.24) is 15.5 Å². The Morgan fingerprint density at radius 1 is 1.17 bits per heavy atom. The molecule has 1 unspecified atom stereocenters. The second kappa shape index (κ2) is 14.4. The molecule has 1 amide bonds. The molecule has 29 heavy (non-hydrogen) atoms. The Morgan fingerprint density at radius 2 is 1.83 bits per heavy atom. The zero-order chi connectivity index (χ0) is 21.1. The van der Waals surface area contributed by atoms with E-state index >= 15 is 0 Å². The van der Waals surface area contributed by atoms with E-state index in [-0.39, 0.29) is 36.6 Å². The van der Waals surface area contributed by atoms with Crippen LogP contribution in [0.3, 0.4) is 0 Å². The molecule has 1 aromatic rings. The summed E-state index contributed by atoms with van der Waals surface area (Å²) < 4.78 is 39.7. The lowest BCUT2D eigenvalue weighted by Gasteiger charge is -2.21. The van der Waals surface area contributed by atoms with E-state index in [0.29, 0.717) is 5.96 Å². The van der Waals surface area contributed by atoms with Crippen LogP contribution in [0.4, 0.5) is 18.9 Å². The highest BCUT2D eigenvalue weighted by Gasteiger charge is 2.15. The van der Waals surface area contributed by atoms with Gasteiger partial charge in [-0.3, -0.25) is 9.79 Å². The number of nitrogens with zero attached hydrogens (tertiary/aromatic N) is 2. The predicted octanol–water partition coefficient (Wildman–Crippen LogP) is 3.34. The molecule has 0 aliphatic carbocycles. The summed E-state index contributed by atoms with van der Waals surface area (Å²) in [6.07, 6.45) is 1.96. The fourth-order valence-electron chi connectivity index (χ4n) is 2.64. The molecule has 1 atom stereocenters. The number of hydrogen-bond acceptors (Lipinski definition) is 3. The molecule has 0 aromatic heterocycles. The number of hydrogen-bond donors (Lipinski definition) is 3. The number of anilines is 1. The summed E-state index contributed by atoms with van der Waals surface area (Å²) in [5, 5.41) is 8.19. The standard InChI is InChI=1S/C19H30F3N5O.HI/c1-5-27(6-2)11-7-8-13(3)25-19(23-4)24-12-16(28)26-15-10-9-14(20)17(21)18(15)22;/h9-10,13H,5-8,11-12H2,1-4H3,(H,26,28)(H2,23,24,25);1H. The van der Waals surface area contributed by atoms with Gasteiger partial charge in [-0.25, -0.2) is 13.2 Å². The maximum Gasteiger partial charge on any atom is 0.243 e. The first kappa shape index (κ1) is 27.4. The van der Waals surface area contributed by atoms with Crippen molar-refractivity contribution in [3.05, 3.63) is 29.6 Å². The van der Waals surface area contributed by atoms with Crippen molar-refractivity contribution in [1.29, 1.82) is 0 Å². The van der Waals surface area contributed by atoms with Gasteiger partial charge in [0, 0.05) is 13.1 Å². The molecule has 0 saturated heterocycles. The monoisotopic (exact) mass is 529 g/mol.